The van der Waals surface area contributed by atoms with Crippen molar-refractivity contribution in [2.45, 2.75) is 6.92 Å². The first-order valence-corrected chi connectivity index (χ1v) is 11.4. The summed E-state index contributed by atoms with van der Waals surface area (Å²) in [6.07, 6.45) is 5.33. The standard InChI is InChI=1S/C31H21N2O.Y/c1-20-12-14-27-26-17-16-24-23-11-7-6-8-21(23)13-15-25(24)29(26)34-30(27)28(20)31-32(2)18-19-33(31)22-9-4-3-5-10-22;/h3-9,11-18H,1-2H3;/q-1;. The first-order valence-electron chi connectivity index (χ1n) is 11.4. The molecule has 4 heteroatoms. The van der Waals surface area contributed by atoms with Gasteiger partial charge in [0.25, 0.3) is 0 Å². The molecule has 0 bridgehead atoms. The molecule has 0 atom stereocenters. The summed E-state index contributed by atoms with van der Waals surface area (Å²) in [6, 6.07) is 33.0. The van der Waals surface area contributed by atoms with Crippen LogP contribution < -0.4 is 4.57 Å². The Morgan fingerprint density at radius 2 is 1.46 bits per heavy atom. The Morgan fingerprint density at radius 3 is 2.31 bits per heavy atom. The number of aromatic nitrogens is 2. The number of fused-ring (bicyclic) bond motifs is 7. The number of nitrogens with zero attached hydrogens (tertiary/aromatic N) is 2. The summed E-state index contributed by atoms with van der Waals surface area (Å²) in [5.41, 5.74) is 5.00. The second kappa shape index (κ2) is 8.44. The van der Waals surface area contributed by atoms with Crippen LogP contribution in [0.3, 0.4) is 0 Å². The van der Waals surface area contributed by atoms with Crippen molar-refractivity contribution in [3.05, 3.63) is 109 Å². The molecule has 5 aromatic carbocycles. The van der Waals surface area contributed by atoms with Crippen molar-refractivity contribution >= 4 is 43.5 Å². The summed E-state index contributed by atoms with van der Waals surface area (Å²) in [7, 11) is 2.05. The Balaban J connectivity index is 0.00000229. The van der Waals surface area contributed by atoms with Crippen LogP contribution in [-0.2, 0) is 39.8 Å². The molecule has 0 saturated carbocycles. The van der Waals surface area contributed by atoms with E-state index < -0.39 is 0 Å². The van der Waals surface area contributed by atoms with E-state index in [0.717, 1.165) is 50.0 Å². The van der Waals surface area contributed by atoms with E-state index in [2.05, 4.69) is 89.0 Å². The summed E-state index contributed by atoms with van der Waals surface area (Å²) in [6.45, 7) is 2.14. The molecule has 2 aromatic heterocycles. The molecule has 3 nitrogen and oxygen atoms in total. The van der Waals surface area contributed by atoms with Gasteiger partial charge in [-0.05, 0) is 40.8 Å². The largest absolute Gasteiger partial charge is 0.456 e. The van der Waals surface area contributed by atoms with Crippen molar-refractivity contribution < 1.29 is 41.7 Å². The third-order valence-corrected chi connectivity index (χ3v) is 6.82. The van der Waals surface area contributed by atoms with Gasteiger partial charge in [0.05, 0.1) is 25.0 Å². The Hall–Kier alpha value is -3.27. The van der Waals surface area contributed by atoms with Crippen LogP contribution in [0, 0.1) is 19.2 Å². The van der Waals surface area contributed by atoms with Crippen molar-refractivity contribution in [1.29, 1.82) is 0 Å². The van der Waals surface area contributed by atoms with E-state index in [9.17, 15) is 0 Å². The molecule has 2 heterocycles. The fraction of sp³-hybridized carbons (Fsp3) is 0.0645. The second-order valence-electron chi connectivity index (χ2n) is 8.84. The number of imidazole rings is 1. The summed E-state index contributed by atoms with van der Waals surface area (Å²) in [5, 5.41) is 7.09. The predicted octanol–water partition coefficient (Wildman–Crippen LogP) is 7.08. The van der Waals surface area contributed by atoms with Crippen molar-refractivity contribution in [3.63, 3.8) is 0 Å². The molecule has 165 valence electrons. The van der Waals surface area contributed by atoms with Gasteiger partial charge in [-0.3, -0.25) is 4.57 Å². The van der Waals surface area contributed by atoms with Crippen molar-refractivity contribution in [2.24, 2.45) is 7.05 Å². The average molecular weight is 526 g/mol. The molecular weight excluding hydrogens is 505 g/mol. The summed E-state index contributed by atoms with van der Waals surface area (Å²) in [5.74, 6) is 1.01. The number of para-hydroxylation sites is 1. The zero-order valence-corrected chi connectivity index (χ0v) is 22.4. The van der Waals surface area contributed by atoms with Gasteiger partial charge in [-0.25, -0.2) is 6.07 Å². The van der Waals surface area contributed by atoms with Gasteiger partial charge < -0.3 is 8.98 Å². The first-order chi connectivity index (χ1) is 16.7. The number of aryl methyl sites for hydroxylation is 2. The molecule has 7 aromatic rings. The monoisotopic (exact) mass is 526 g/mol. The van der Waals surface area contributed by atoms with Crippen LogP contribution in [-0.4, -0.2) is 4.57 Å². The van der Waals surface area contributed by atoms with E-state index in [1.54, 1.807) is 0 Å². The van der Waals surface area contributed by atoms with Crippen LogP contribution in [0.1, 0.15) is 5.56 Å². The molecule has 7 rings (SSSR count). The van der Waals surface area contributed by atoms with Gasteiger partial charge in [0.1, 0.15) is 11.2 Å². The van der Waals surface area contributed by atoms with Gasteiger partial charge in [0, 0.05) is 48.9 Å². The van der Waals surface area contributed by atoms with Crippen molar-refractivity contribution in [3.8, 4) is 17.1 Å². The van der Waals surface area contributed by atoms with Gasteiger partial charge in [-0.2, -0.15) is 24.3 Å². The predicted molar refractivity (Wildman–Crippen MR) is 137 cm³/mol. The molecule has 1 radical (unpaired) electrons. The zero-order chi connectivity index (χ0) is 22.8. The fourth-order valence-electron chi connectivity index (χ4n) is 5.18. The molecule has 35 heavy (non-hydrogen) atoms. The quantitative estimate of drug-likeness (QED) is 0.134. The number of benzene rings is 5. The van der Waals surface area contributed by atoms with Crippen LogP contribution in [0.25, 0.3) is 60.6 Å². The summed E-state index contributed by atoms with van der Waals surface area (Å²) >= 11 is 0. The van der Waals surface area contributed by atoms with E-state index in [1.807, 2.05) is 37.5 Å². The molecule has 0 aliphatic heterocycles. The normalized spacial score (nSPS) is 11.5. The average Bonchev–Trinajstić information content (AvgIpc) is 3.45. The van der Waals surface area contributed by atoms with Gasteiger partial charge in [0.2, 0.25) is 0 Å². The molecule has 0 aliphatic carbocycles. The Labute approximate surface area is 228 Å². The topological polar surface area (TPSA) is 21.9 Å². The van der Waals surface area contributed by atoms with E-state index >= 15 is 0 Å². The number of furan rings is 1. The molecule has 0 N–H and O–H groups in total. The summed E-state index contributed by atoms with van der Waals surface area (Å²) in [4.78, 5) is 0. The van der Waals surface area contributed by atoms with Gasteiger partial charge in [-0.1, -0.05) is 54.2 Å². The maximum atomic E-state index is 6.75. The number of hydrogen-bond donors (Lipinski definition) is 0. The summed E-state index contributed by atoms with van der Waals surface area (Å²) < 4.78 is 10.9. The van der Waals surface area contributed by atoms with Gasteiger partial charge >= 0.3 is 0 Å². The molecule has 0 fully saturated rings. The van der Waals surface area contributed by atoms with E-state index in [-0.39, 0.29) is 32.7 Å². The third kappa shape index (κ3) is 3.30. The van der Waals surface area contributed by atoms with Gasteiger partial charge in [-0.15, -0.1) is 0 Å². The zero-order valence-electron chi connectivity index (χ0n) is 19.5. The fourth-order valence-corrected chi connectivity index (χ4v) is 5.18. The maximum absolute atomic E-state index is 6.75. The minimum atomic E-state index is 0. The van der Waals surface area contributed by atoms with Crippen LogP contribution >= 0.6 is 0 Å². The molecular formula is C31H21N2OY-. The van der Waals surface area contributed by atoms with Crippen LogP contribution in [0.2, 0.25) is 0 Å². The Kier molecular flexibility index (Phi) is 5.36. The van der Waals surface area contributed by atoms with Crippen LogP contribution in [0.5, 0.6) is 0 Å². The van der Waals surface area contributed by atoms with Crippen molar-refractivity contribution in [1.82, 2.24) is 4.57 Å². The molecule has 0 amide bonds. The van der Waals surface area contributed by atoms with Crippen LogP contribution in [0.4, 0.5) is 0 Å². The first kappa shape index (κ1) is 22.2. The minimum absolute atomic E-state index is 0. The SMILES string of the molecule is Cc1ccc2c(oc3c2ccc2c4ccccc4ccc23)c1-c1n(C)c[c-][n+]1-c1[c-]cccc1.[Y]. The van der Waals surface area contributed by atoms with Crippen LogP contribution in [0.15, 0.2) is 95.5 Å². The van der Waals surface area contributed by atoms with E-state index in [4.69, 9.17) is 4.42 Å². The Morgan fingerprint density at radius 1 is 0.743 bits per heavy atom. The van der Waals surface area contributed by atoms with Crippen molar-refractivity contribution in [2.75, 3.05) is 0 Å². The smallest absolute Gasteiger partial charge is 0.188 e. The molecule has 0 aliphatic rings. The minimum Gasteiger partial charge on any atom is -0.456 e. The Bertz CT molecular complexity index is 1880. The molecule has 0 spiro atoms. The molecule has 0 unspecified atom stereocenters. The third-order valence-electron chi connectivity index (χ3n) is 6.82. The maximum Gasteiger partial charge on any atom is 0.188 e. The van der Waals surface area contributed by atoms with E-state index in [1.165, 1.54) is 16.2 Å². The van der Waals surface area contributed by atoms with Gasteiger partial charge in [0.15, 0.2) is 5.82 Å². The van der Waals surface area contributed by atoms with E-state index in [0.29, 0.717) is 0 Å². The molecule has 0 saturated heterocycles. The number of rotatable bonds is 2. The second-order valence-corrected chi connectivity index (χ2v) is 8.84. The number of hydrogen-bond acceptors (Lipinski definition) is 1.